The number of benzene rings is 2. The molecule has 0 saturated carbocycles. The van der Waals surface area contributed by atoms with Crippen molar-refractivity contribution < 1.29 is 19.0 Å². The van der Waals surface area contributed by atoms with Gasteiger partial charge in [0.05, 0.1) is 14.2 Å². The van der Waals surface area contributed by atoms with Crippen LogP contribution in [-0.4, -0.2) is 45.3 Å². The van der Waals surface area contributed by atoms with E-state index >= 15 is 0 Å². The Morgan fingerprint density at radius 1 is 0.862 bits per heavy atom. The Balaban J connectivity index is 2.05. The zero-order valence-corrected chi connectivity index (χ0v) is 17.9. The van der Waals surface area contributed by atoms with Crippen LogP contribution in [0.1, 0.15) is 36.8 Å². The number of ether oxygens (including phenoxy) is 3. The van der Waals surface area contributed by atoms with Crippen LogP contribution in [-0.2, 0) is 22.5 Å². The summed E-state index contributed by atoms with van der Waals surface area (Å²) in [6.07, 6.45) is 4.25. The summed E-state index contributed by atoms with van der Waals surface area (Å²) < 4.78 is 15.8. The third-order valence-corrected chi connectivity index (χ3v) is 4.89. The largest absolute Gasteiger partial charge is 0.497 e. The van der Waals surface area contributed by atoms with Gasteiger partial charge in [-0.05, 0) is 42.5 Å². The molecule has 0 heterocycles. The van der Waals surface area contributed by atoms with Gasteiger partial charge in [0.1, 0.15) is 11.5 Å². The summed E-state index contributed by atoms with van der Waals surface area (Å²) in [5.74, 6) is 1.64. The van der Waals surface area contributed by atoms with E-state index in [-0.39, 0.29) is 5.91 Å². The van der Waals surface area contributed by atoms with Gasteiger partial charge in [-0.1, -0.05) is 36.8 Å². The molecule has 0 atom stereocenters. The Morgan fingerprint density at radius 3 is 2.17 bits per heavy atom. The number of carbonyl (C=O) groups is 1. The normalized spacial score (nSPS) is 10.6. The molecule has 5 nitrogen and oxygen atoms in total. The van der Waals surface area contributed by atoms with Crippen LogP contribution in [0.2, 0.25) is 0 Å². The molecule has 0 aromatic heterocycles. The molecule has 0 spiro atoms. The highest BCUT2D eigenvalue weighted by molar-refractivity contribution is 5.76. The minimum atomic E-state index is 0.181. The van der Waals surface area contributed by atoms with Crippen molar-refractivity contribution >= 4 is 5.91 Å². The SMILES string of the molecule is COCCCCCC(=O)N(CCc1ccccc1)Cc1cc(OC)cc(OC)c1. The van der Waals surface area contributed by atoms with Crippen LogP contribution in [0.5, 0.6) is 11.5 Å². The highest BCUT2D eigenvalue weighted by Crippen LogP contribution is 2.24. The highest BCUT2D eigenvalue weighted by Gasteiger charge is 2.15. The topological polar surface area (TPSA) is 48.0 Å². The lowest BCUT2D eigenvalue weighted by Crippen LogP contribution is -2.32. The van der Waals surface area contributed by atoms with Gasteiger partial charge in [-0.25, -0.2) is 0 Å². The Bertz CT molecular complexity index is 711. The molecule has 0 aliphatic carbocycles. The first kappa shape index (κ1) is 22.8. The first-order valence-corrected chi connectivity index (χ1v) is 10.2. The lowest BCUT2D eigenvalue weighted by molar-refractivity contribution is -0.132. The fourth-order valence-corrected chi connectivity index (χ4v) is 3.24. The molecule has 0 radical (unpaired) electrons. The van der Waals surface area contributed by atoms with E-state index in [1.54, 1.807) is 21.3 Å². The summed E-state index contributed by atoms with van der Waals surface area (Å²) >= 11 is 0. The molecule has 0 saturated heterocycles. The number of hydrogen-bond acceptors (Lipinski definition) is 4. The predicted molar refractivity (Wildman–Crippen MR) is 115 cm³/mol. The minimum absolute atomic E-state index is 0.181. The number of methoxy groups -OCH3 is 3. The quantitative estimate of drug-likeness (QED) is 0.466. The van der Waals surface area contributed by atoms with Crippen molar-refractivity contribution in [2.45, 2.75) is 38.6 Å². The minimum Gasteiger partial charge on any atom is -0.497 e. The molecule has 0 aliphatic heterocycles. The summed E-state index contributed by atoms with van der Waals surface area (Å²) in [7, 11) is 4.98. The summed E-state index contributed by atoms with van der Waals surface area (Å²) in [5, 5.41) is 0. The van der Waals surface area contributed by atoms with Crippen LogP contribution in [0.15, 0.2) is 48.5 Å². The molecule has 5 heteroatoms. The summed E-state index contributed by atoms with van der Waals surface area (Å²) in [4.78, 5) is 14.9. The van der Waals surface area contributed by atoms with E-state index < -0.39 is 0 Å². The Hall–Kier alpha value is -2.53. The molecular weight excluding hydrogens is 366 g/mol. The molecule has 158 valence electrons. The van der Waals surface area contributed by atoms with Crippen LogP contribution in [0, 0.1) is 0 Å². The third-order valence-electron chi connectivity index (χ3n) is 4.89. The summed E-state index contributed by atoms with van der Waals surface area (Å²) in [6.45, 7) is 1.97. The smallest absolute Gasteiger partial charge is 0.222 e. The maximum absolute atomic E-state index is 12.9. The number of carbonyl (C=O) groups excluding carboxylic acids is 1. The van der Waals surface area contributed by atoms with Crippen molar-refractivity contribution in [3.05, 3.63) is 59.7 Å². The van der Waals surface area contributed by atoms with Crippen LogP contribution in [0.3, 0.4) is 0 Å². The molecule has 1 amide bonds. The molecule has 2 aromatic rings. The zero-order chi connectivity index (χ0) is 20.9. The Morgan fingerprint density at radius 2 is 1.55 bits per heavy atom. The maximum Gasteiger partial charge on any atom is 0.222 e. The van der Waals surface area contributed by atoms with E-state index in [0.29, 0.717) is 19.5 Å². The van der Waals surface area contributed by atoms with Gasteiger partial charge < -0.3 is 19.1 Å². The molecular formula is C24H33NO4. The number of rotatable bonds is 13. The molecule has 2 rings (SSSR count). The Labute approximate surface area is 174 Å². The van der Waals surface area contributed by atoms with Gasteiger partial charge in [0, 0.05) is 39.3 Å². The second-order valence-electron chi connectivity index (χ2n) is 7.08. The van der Waals surface area contributed by atoms with E-state index in [1.807, 2.05) is 41.3 Å². The van der Waals surface area contributed by atoms with Crippen LogP contribution in [0.4, 0.5) is 0 Å². The monoisotopic (exact) mass is 399 g/mol. The first-order valence-electron chi connectivity index (χ1n) is 10.2. The lowest BCUT2D eigenvalue weighted by Gasteiger charge is -2.24. The van der Waals surface area contributed by atoms with Gasteiger partial charge in [-0.2, -0.15) is 0 Å². The maximum atomic E-state index is 12.9. The molecule has 0 N–H and O–H groups in total. The van der Waals surface area contributed by atoms with Gasteiger partial charge in [0.15, 0.2) is 0 Å². The predicted octanol–water partition coefficient (Wildman–Crippen LogP) is 4.48. The van der Waals surface area contributed by atoms with Crippen LogP contribution in [0.25, 0.3) is 0 Å². The van der Waals surface area contributed by atoms with Gasteiger partial charge in [0.2, 0.25) is 5.91 Å². The van der Waals surface area contributed by atoms with Gasteiger partial charge in [-0.3, -0.25) is 4.79 Å². The average Bonchev–Trinajstić information content (AvgIpc) is 2.76. The third kappa shape index (κ3) is 8.16. The summed E-state index contributed by atoms with van der Waals surface area (Å²) in [6, 6.07) is 16.0. The van der Waals surface area contributed by atoms with E-state index in [1.165, 1.54) is 5.56 Å². The van der Waals surface area contributed by atoms with Crippen LogP contribution >= 0.6 is 0 Å². The van der Waals surface area contributed by atoms with Crippen LogP contribution < -0.4 is 9.47 Å². The highest BCUT2D eigenvalue weighted by atomic mass is 16.5. The van der Waals surface area contributed by atoms with Crippen molar-refractivity contribution in [3.8, 4) is 11.5 Å². The lowest BCUT2D eigenvalue weighted by atomic mass is 10.1. The van der Waals surface area contributed by atoms with E-state index in [9.17, 15) is 4.79 Å². The van der Waals surface area contributed by atoms with E-state index in [2.05, 4.69) is 12.1 Å². The molecule has 0 fully saturated rings. The fraction of sp³-hybridized carbons (Fsp3) is 0.458. The van der Waals surface area contributed by atoms with Crippen molar-refractivity contribution in [3.63, 3.8) is 0 Å². The van der Waals surface area contributed by atoms with Gasteiger partial charge >= 0.3 is 0 Å². The molecule has 0 bridgehead atoms. The fourth-order valence-electron chi connectivity index (χ4n) is 3.24. The van der Waals surface area contributed by atoms with Gasteiger partial charge in [-0.15, -0.1) is 0 Å². The van der Waals surface area contributed by atoms with E-state index in [0.717, 1.165) is 49.4 Å². The van der Waals surface area contributed by atoms with Gasteiger partial charge in [0.25, 0.3) is 0 Å². The molecule has 2 aromatic carbocycles. The molecule has 0 unspecified atom stereocenters. The number of nitrogens with zero attached hydrogens (tertiary/aromatic N) is 1. The first-order chi connectivity index (χ1) is 14.2. The number of amides is 1. The standard InChI is InChI=1S/C24H33NO4/c1-27-15-9-5-8-12-24(26)25(14-13-20-10-6-4-7-11-20)19-21-16-22(28-2)18-23(17-21)29-3/h4,6-7,10-11,16-18H,5,8-9,12-15,19H2,1-3H3. The van der Waals surface area contributed by atoms with Crippen molar-refractivity contribution in [1.29, 1.82) is 0 Å². The molecule has 29 heavy (non-hydrogen) atoms. The molecule has 0 aliphatic rings. The second kappa shape index (κ2) is 12.8. The summed E-state index contributed by atoms with van der Waals surface area (Å²) in [5.41, 5.74) is 2.23. The number of hydrogen-bond donors (Lipinski definition) is 0. The van der Waals surface area contributed by atoms with Crippen molar-refractivity contribution in [2.75, 3.05) is 34.5 Å². The van der Waals surface area contributed by atoms with Crippen molar-refractivity contribution in [1.82, 2.24) is 4.90 Å². The average molecular weight is 400 g/mol. The number of unbranched alkanes of at least 4 members (excludes halogenated alkanes) is 2. The zero-order valence-electron chi connectivity index (χ0n) is 17.9. The van der Waals surface area contributed by atoms with Crippen molar-refractivity contribution in [2.24, 2.45) is 0 Å². The second-order valence-corrected chi connectivity index (χ2v) is 7.08. The Kier molecular flexibility index (Phi) is 10.1. The van der Waals surface area contributed by atoms with E-state index in [4.69, 9.17) is 14.2 Å².